The fourth-order valence-electron chi connectivity index (χ4n) is 2.74. The van der Waals surface area contributed by atoms with Gasteiger partial charge in [0.1, 0.15) is 5.60 Å². The highest BCUT2D eigenvalue weighted by Gasteiger charge is 2.21. The minimum absolute atomic E-state index is 0.0540. The molecule has 2 rings (SSSR count). The van der Waals surface area contributed by atoms with Crippen LogP contribution in [0.25, 0.3) is 10.9 Å². The standard InChI is InChI=1S/C21H30N2O3S/c1-6-7-12-27-17-8-9-19-18(13-17)16(10-11-22-15(2)24)14-23(19)20(25)26-21(3,4)5/h8-9,13-14H,6-7,10-12H2,1-5H3,(H,22,24). The highest BCUT2D eigenvalue weighted by Crippen LogP contribution is 2.29. The molecular formula is C21H30N2O3S. The summed E-state index contributed by atoms with van der Waals surface area (Å²) in [5.41, 5.74) is 1.31. The number of nitrogens with zero attached hydrogens (tertiary/aromatic N) is 1. The summed E-state index contributed by atoms with van der Waals surface area (Å²) in [6.07, 6.45) is 4.46. The number of aromatic nitrogens is 1. The van der Waals surface area contributed by atoms with Crippen molar-refractivity contribution in [2.75, 3.05) is 12.3 Å². The van der Waals surface area contributed by atoms with Gasteiger partial charge in [-0.3, -0.25) is 9.36 Å². The predicted molar refractivity (Wildman–Crippen MR) is 112 cm³/mol. The van der Waals surface area contributed by atoms with Crippen molar-refractivity contribution in [1.82, 2.24) is 9.88 Å². The SMILES string of the molecule is CCCCSc1ccc2c(c1)c(CCNC(C)=O)cn2C(=O)OC(C)(C)C. The molecule has 0 fully saturated rings. The third-order valence-electron chi connectivity index (χ3n) is 3.98. The molecule has 1 aromatic heterocycles. The molecule has 0 atom stereocenters. The summed E-state index contributed by atoms with van der Waals surface area (Å²) >= 11 is 1.83. The molecule has 6 heteroatoms. The van der Waals surface area contributed by atoms with Crippen molar-refractivity contribution < 1.29 is 14.3 Å². The number of fused-ring (bicyclic) bond motifs is 1. The number of amides is 1. The lowest BCUT2D eigenvalue weighted by atomic mass is 10.1. The van der Waals surface area contributed by atoms with Crippen LogP contribution in [0, 0.1) is 0 Å². The molecular weight excluding hydrogens is 360 g/mol. The Balaban J connectivity index is 2.35. The molecule has 148 valence electrons. The van der Waals surface area contributed by atoms with Crippen LogP contribution in [0.1, 0.15) is 53.0 Å². The maximum Gasteiger partial charge on any atom is 0.419 e. The van der Waals surface area contributed by atoms with E-state index in [-0.39, 0.29) is 12.0 Å². The molecule has 0 radical (unpaired) electrons. The lowest BCUT2D eigenvalue weighted by Gasteiger charge is -2.19. The van der Waals surface area contributed by atoms with Gasteiger partial charge in [0, 0.05) is 29.9 Å². The van der Waals surface area contributed by atoms with Crippen LogP contribution in [0.15, 0.2) is 29.3 Å². The summed E-state index contributed by atoms with van der Waals surface area (Å²) in [7, 11) is 0. The molecule has 0 saturated carbocycles. The Labute approximate surface area is 165 Å². The highest BCUT2D eigenvalue weighted by molar-refractivity contribution is 7.99. The van der Waals surface area contributed by atoms with Crippen LogP contribution >= 0.6 is 11.8 Å². The van der Waals surface area contributed by atoms with Crippen LogP contribution in [0.4, 0.5) is 4.79 Å². The first-order chi connectivity index (χ1) is 12.7. The van der Waals surface area contributed by atoms with E-state index in [2.05, 4.69) is 24.4 Å². The maximum atomic E-state index is 12.6. The van der Waals surface area contributed by atoms with Gasteiger partial charge in [-0.05, 0) is 63.1 Å². The largest absolute Gasteiger partial charge is 0.443 e. The van der Waals surface area contributed by atoms with Gasteiger partial charge in [0.25, 0.3) is 0 Å². The van der Waals surface area contributed by atoms with Gasteiger partial charge in [0.2, 0.25) is 5.91 Å². The number of unbranched alkanes of at least 4 members (excludes halogenated alkanes) is 1. The average molecular weight is 391 g/mol. The molecule has 27 heavy (non-hydrogen) atoms. The van der Waals surface area contributed by atoms with Crippen molar-refractivity contribution >= 4 is 34.7 Å². The lowest BCUT2D eigenvalue weighted by Crippen LogP contribution is -2.26. The highest BCUT2D eigenvalue weighted by atomic mass is 32.2. The fraction of sp³-hybridized carbons (Fsp3) is 0.524. The van der Waals surface area contributed by atoms with Crippen LogP contribution in [0.5, 0.6) is 0 Å². The predicted octanol–water partition coefficient (Wildman–Crippen LogP) is 5.00. The number of benzene rings is 1. The van der Waals surface area contributed by atoms with E-state index in [1.807, 2.05) is 44.8 Å². The van der Waals surface area contributed by atoms with Crippen LogP contribution in [-0.2, 0) is 16.0 Å². The van der Waals surface area contributed by atoms with Crippen molar-refractivity contribution in [3.8, 4) is 0 Å². The van der Waals surface area contributed by atoms with E-state index in [0.29, 0.717) is 13.0 Å². The Kier molecular flexibility index (Phi) is 7.36. The molecule has 2 aromatic rings. The van der Waals surface area contributed by atoms with Crippen LogP contribution in [0.2, 0.25) is 0 Å². The lowest BCUT2D eigenvalue weighted by molar-refractivity contribution is -0.118. The molecule has 1 amide bonds. The van der Waals surface area contributed by atoms with Crippen molar-refractivity contribution in [3.05, 3.63) is 30.0 Å². The topological polar surface area (TPSA) is 60.3 Å². The minimum atomic E-state index is -0.556. The van der Waals surface area contributed by atoms with Gasteiger partial charge in [-0.25, -0.2) is 4.79 Å². The quantitative estimate of drug-likeness (QED) is 0.534. The second-order valence-corrected chi connectivity index (χ2v) is 8.79. The van der Waals surface area contributed by atoms with Gasteiger partial charge >= 0.3 is 6.09 Å². The summed E-state index contributed by atoms with van der Waals surface area (Å²) < 4.78 is 7.12. The van der Waals surface area contributed by atoms with E-state index in [1.54, 1.807) is 4.57 Å². The smallest absolute Gasteiger partial charge is 0.419 e. The molecule has 0 aliphatic rings. The van der Waals surface area contributed by atoms with Crippen molar-refractivity contribution in [3.63, 3.8) is 0 Å². The third-order valence-corrected chi connectivity index (χ3v) is 5.06. The number of hydrogen-bond donors (Lipinski definition) is 1. The van der Waals surface area contributed by atoms with Crippen LogP contribution in [-0.4, -0.2) is 34.5 Å². The van der Waals surface area contributed by atoms with E-state index in [0.717, 1.165) is 22.2 Å². The van der Waals surface area contributed by atoms with Crippen LogP contribution < -0.4 is 5.32 Å². The molecule has 0 aliphatic heterocycles. The molecule has 0 bridgehead atoms. The zero-order valence-corrected chi connectivity index (χ0v) is 17.7. The Morgan fingerprint density at radius 3 is 2.63 bits per heavy atom. The number of carbonyl (C=O) groups excluding carboxylic acids is 2. The number of hydrogen-bond acceptors (Lipinski definition) is 4. The van der Waals surface area contributed by atoms with Gasteiger partial charge in [0.05, 0.1) is 5.52 Å². The first-order valence-electron chi connectivity index (χ1n) is 9.46. The zero-order valence-electron chi connectivity index (χ0n) is 16.9. The zero-order chi connectivity index (χ0) is 20.0. The number of rotatable bonds is 7. The Morgan fingerprint density at radius 1 is 1.26 bits per heavy atom. The summed E-state index contributed by atoms with van der Waals surface area (Å²) in [4.78, 5) is 25.0. The first kappa shape index (κ1) is 21.4. The summed E-state index contributed by atoms with van der Waals surface area (Å²) in [5, 5.41) is 3.86. The van der Waals surface area contributed by atoms with Crippen LogP contribution in [0.3, 0.4) is 0 Å². The van der Waals surface area contributed by atoms with Gasteiger partial charge in [-0.15, -0.1) is 11.8 Å². The average Bonchev–Trinajstić information content (AvgIpc) is 2.92. The van der Waals surface area contributed by atoms with Gasteiger partial charge in [-0.1, -0.05) is 13.3 Å². The van der Waals surface area contributed by atoms with E-state index < -0.39 is 5.60 Å². The molecule has 1 aromatic carbocycles. The fourth-order valence-corrected chi connectivity index (χ4v) is 3.77. The van der Waals surface area contributed by atoms with Gasteiger partial charge in [0.15, 0.2) is 0 Å². The second kappa shape index (κ2) is 9.31. The Morgan fingerprint density at radius 2 is 2.00 bits per heavy atom. The number of carbonyl (C=O) groups is 2. The third kappa shape index (κ3) is 6.31. The molecule has 0 spiro atoms. The molecule has 5 nitrogen and oxygen atoms in total. The van der Waals surface area contributed by atoms with Gasteiger partial charge in [-0.2, -0.15) is 0 Å². The number of nitrogens with one attached hydrogen (secondary N) is 1. The molecule has 0 unspecified atom stereocenters. The Hall–Kier alpha value is -1.95. The molecule has 0 aliphatic carbocycles. The van der Waals surface area contributed by atoms with Crippen molar-refractivity contribution in [2.24, 2.45) is 0 Å². The second-order valence-electron chi connectivity index (χ2n) is 7.62. The Bertz CT molecular complexity index is 806. The maximum absolute atomic E-state index is 12.6. The minimum Gasteiger partial charge on any atom is -0.443 e. The van der Waals surface area contributed by atoms with E-state index in [9.17, 15) is 9.59 Å². The monoisotopic (exact) mass is 390 g/mol. The van der Waals surface area contributed by atoms with E-state index in [1.165, 1.54) is 24.7 Å². The summed E-state index contributed by atoms with van der Waals surface area (Å²) in [5.74, 6) is 1.03. The van der Waals surface area contributed by atoms with Crippen molar-refractivity contribution in [2.45, 2.75) is 64.4 Å². The first-order valence-corrected chi connectivity index (χ1v) is 10.4. The number of ether oxygens (including phenoxy) is 1. The molecule has 1 N–H and O–H groups in total. The number of thioether (sulfide) groups is 1. The van der Waals surface area contributed by atoms with Gasteiger partial charge < -0.3 is 10.1 Å². The molecule has 0 saturated heterocycles. The summed E-state index contributed by atoms with van der Waals surface area (Å²) in [6, 6.07) is 6.18. The van der Waals surface area contributed by atoms with E-state index in [4.69, 9.17) is 4.74 Å². The van der Waals surface area contributed by atoms with E-state index >= 15 is 0 Å². The normalized spacial score (nSPS) is 11.6. The summed E-state index contributed by atoms with van der Waals surface area (Å²) in [6.45, 7) is 9.80. The molecule has 1 heterocycles. The van der Waals surface area contributed by atoms with Crippen molar-refractivity contribution in [1.29, 1.82) is 0 Å².